The molecule has 0 bridgehead atoms. The fourth-order valence-electron chi connectivity index (χ4n) is 1.82. The molecule has 0 radical (unpaired) electrons. The van der Waals surface area contributed by atoms with Gasteiger partial charge in [0.15, 0.2) is 0 Å². The second-order valence-corrected chi connectivity index (χ2v) is 5.77. The van der Waals surface area contributed by atoms with Crippen LogP contribution in [0.3, 0.4) is 0 Å². The number of amides is 1. The van der Waals surface area contributed by atoms with Gasteiger partial charge < -0.3 is 5.32 Å². The third kappa shape index (κ3) is 4.83. The van der Waals surface area contributed by atoms with Crippen molar-refractivity contribution in [3.63, 3.8) is 0 Å². The van der Waals surface area contributed by atoms with Crippen molar-refractivity contribution in [2.24, 2.45) is 0 Å². The van der Waals surface area contributed by atoms with Gasteiger partial charge in [0.05, 0.1) is 5.01 Å². The monoisotopic (exact) mass is 274 g/mol. The second kappa shape index (κ2) is 7.04. The van der Waals surface area contributed by atoms with Gasteiger partial charge in [-0.15, -0.1) is 11.3 Å². The molecule has 1 N–H and O–H groups in total. The number of nitrogens with one attached hydrogen (secondary N) is 1. The molecule has 0 atom stereocenters. The fraction of sp³-hybridized carbons (Fsp3) is 0.333. The van der Waals surface area contributed by atoms with Crippen molar-refractivity contribution in [3.8, 4) is 0 Å². The molecule has 0 aliphatic carbocycles. The number of nitrogens with zero attached hydrogens (tertiary/aromatic N) is 1. The minimum atomic E-state index is 0.108. The van der Waals surface area contributed by atoms with Gasteiger partial charge in [0.2, 0.25) is 5.91 Å². The van der Waals surface area contributed by atoms with Crippen LogP contribution in [-0.4, -0.2) is 17.4 Å². The van der Waals surface area contributed by atoms with Crippen LogP contribution in [0.1, 0.15) is 21.9 Å². The Labute approximate surface area is 117 Å². The second-order valence-electron chi connectivity index (χ2n) is 4.45. The molecule has 19 heavy (non-hydrogen) atoms. The zero-order valence-corrected chi connectivity index (χ0v) is 11.9. The van der Waals surface area contributed by atoms with Crippen LogP contribution >= 0.6 is 11.3 Å². The van der Waals surface area contributed by atoms with E-state index < -0.39 is 0 Å². The summed E-state index contributed by atoms with van der Waals surface area (Å²) in [6.07, 6.45) is 4.02. The number of carbonyl (C=O) groups excluding carboxylic acids is 1. The Balaban J connectivity index is 1.65. The van der Waals surface area contributed by atoms with Gasteiger partial charge in [-0.05, 0) is 18.9 Å². The molecule has 3 nitrogen and oxygen atoms in total. The van der Waals surface area contributed by atoms with E-state index in [4.69, 9.17) is 0 Å². The zero-order valence-electron chi connectivity index (χ0n) is 11.1. The van der Waals surface area contributed by atoms with Gasteiger partial charge in [-0.3, -0.25) is 4.79 Å². The van der Waals surface area contributed by atoms with E-state index >= 15 is 0 Å². The summed E-state index contributed by atoms with van der Waals surface area (Å²) < 4.78 is 0. The minimum Gasteiger partial charge on any atom is -0.356 e. The summed E-state index contributed by atoms with van der Waals surface area (Å²) in [4.78, 5) is 17.2. The molecule has 2 aromatic rings. The molecule has 0 saturated carbocycles. The molecule has 1 aromatic carbocycles. The van der Waals surface area contributed by atoms with Gasteiger partial charge in [-0.2, -0.15) is 0 Å². The molecule has 0 saturated heterocycles. The number of thiazole rings is 1. The molecular weight excluding hydrogens is 256 g/mol. The minimum absolute atomic E-state index is 0.108. The van der Waals surface area contributed by atoms with Gasteiger partial charge in [-0.25, -0.2) is 4.98 Å². The first-order chi connectivity index (χ1) is 9.24. The molecule has 0 spiro atoms. The van der Waals surface area contributed by atoms with E-state index in [9.17, 15) is 4.79 Å². The van der Waals surface area contributed by atoms with E-state index in [2.05, 4.69) is 10.3 Å². The van der Waals surface area contributed by atoms with Crippen molar-refractivity contribution >= 4 is 17.2 Å². The van der Waals surface area contributed by atoms with Crippen molar-refractivity contribution in [2.45, 2.75) is 26.2 Å². The Kier molecular flexibility index (Phi) is 5.10. The van der Waals surface area contributed by atoms with Crippen LogP contribution in [0.4, 0.5) is 0 Å². The highest BCUT2D eigenvalue weighted by molar-refractivity contribution is 7.11. The summed E-state index contributed by atoms with van der Waals surface area (Å²) in [6, 6.07) is 10.1. The molecule has 0 aliphatic rings. The number of carbonyl (C=O) groups is 1. The lowest BCUT2D eigenvalue weighted by Crippen LogP contribution is -2.25. The van der Waals surface area contributed by atoms with Crippen LogP contribution < -0.4 is 5.32 Å². The van der Waals surface area contributed by atoms with Crippen LogP contribution in [0, 0.1) is 6.92 Å². The van der Waals surface area contributed by atoms with Crippen LogP contribution in [0.25, 0.3) is 0 Å². The Morgan fingerprint density at radius 1 is 1.26 bits per heavy atom. The zero-order chi connectivity index (χ0) is 13.5. The lowest BCUT2D eigenvalue weighted by atomic mass is 10.1. The molecular formula is C15H18N2OS. The predicted octanol–water partition coefficient (Wildman–Crippen LogP) is 2.74. The number of benzene rings is 1. The molecule has 1 amide bonds. The molecule has 1 heterocycles. The van der Waals surface area contributed by atoms with Crippen molar-refractivity contribution in [2.75, 3.05) is 6.54 Å². The summed E-state index contributed by atoms with van der Waals surface area (Å²) >= 11 is 1.69. The maximum Gasteiger partial charge on any atom is 0.220 e. The van der Waals surface area contributed by atoms with E-state index in [1.54, 1.807) is 11.3 Å². The molecule has 100 valence electrons. The fourth-order valence-corrected chi connectivity index (χ4v) is 2.60. The molecule has 2 rings (SSSR count). The highest BCUT2D eigenvalue weighted by atomic mass is 32.1. The van der Waals surface area contributed by atoms with Crippen LogP contribution in [0.15, 0.2) is 36.5 Å². The normalized spacial score (nSPS) is 10.4. The van der Waals surface area contributed by atoms with Crippen molar-refractivity contribution in [1.29, 1.82) is 0 Å². The maximum atomic E-state index is 11.7. The Morgan fingerprint density at radius 3 is 2.74 bits per heavy atom. The van der Waals surface area contributed by atoms with Crippen LogP contribution in [0.2, 0.25) is 0 Å². The highest BCUT2D eigenvalue weighted by Crippen LogP contribution is 2.11. The van der Waals surface area contributed by atoms with Crippen LogP contribution in [-0.2, 0) is 17.6 Å². The number of hydrogen-bond donors (Lipinski definition) is 1. The summed E-state index contributed by atoms with van der Waals surface area (Å²) in [5, 5.41) is 4.02. The van der Waals surface area contributed by atoms with E-state index in [0.717, 1.165) is 17.8 Å². The van der Waals surface area contributed by atoms with Gasteiger partial charge in [0, 0.05) is 30.5 Å². The van der Waals surface area contributed by atoms with Gasteiger partial charge in [-0.1, -0.05) is 30.3 Å². The standard InChI is InChI=1S/C15H18N2OS/c1-12-11-17-15(19-12)9-10-16-14(18)8-7-13-5-3-2-4-6-13/h2-6,11H,7-10H2,1H3,(H,16,18). The van der Waals surface area contributed by atoms with Crippen LogP contribution in [0.5, 0.6) is 0 Å². The third-order valence-electron chi connectivity index (χ3n) is 2.81. The largest absolute Gasteiger partial charge is 0.356 e. The topological polar surface area (TPSA) is 42.0 Å². The van der Waals surface area contributed by atoms with Crippen molar-refractivity contribution in [3.05, 3.63) is 52.0 Å². The summed E-state index contributed by atoms with van der Waals surface area (Å²) in [6.45, 7) is 2.71. The van der Waals surface area contributed by atoms with E-state index in [-0.39, 0.29) is 5.91 Å². The Bertz CT molecular complexity index is 522. The average molecular weight is 274 g/mol. The maximum absolute atomic E-state index is 11.7. The number of aryl methyl sites for hydroxylation is 2. The quantitative estimate of drug-likeness (QED) is 0.880. The lowest BCUT2D eigenvalue weighted by molar-refractivity contribution is -0.121. The van der Waals surface area contributed by atoms with E-state index in [0.29, 0.717) is 13.0 Å². The first-order valence-corrected chi connectivity index (χ1v) is 7.27. The predicted molar refractivity (Wildman–Crippen MR) is 78.3 cm³/mol. The summed E-state index contributed by atoms with van der Waals surface area (Å²) in [5.74, 6) is 0.108. The lowest BCUT2D eigenvalue weighted by Gasteiger charge is -2.04. The van der Waals surface area contributed by atoms with Gasteiger partial charge >= 0.3 is 0 Å². The molecule has 0 unspecified atom stereocenters. The van der Waals surface area contributed by atoms with Crippen molar-refractivity contribution in [1.82, 2.24) is 10.3 Å². The summed E-state index contributed by atoms with van der Waals surface area (Å²) in [7, 11) is 0. The number of rotatable bonds is 6. The van der Waals surface area contributed by atoms with E-state index in [1.807, 2.05) is 43.5 Å². The number of aromatic nitrogens is 1. The first kappa shape index (κ1) is 13.7. The Morgan fingerprint density at radius 2 is 2.05 bits per heavy atom. The van der Waals surface area contributed by atoms with Gasteiger partial charge in [0.1, 0.15) is 0 Å². The smallest absolute Gasteiger partial charge is 0.220 e. The highest BCUT2D eigenvalue weighted by Gasteiger charge is 2.03. The SMILES string of the molecule is Cc1cnc(CCNC(=O)CCc2ccccc2)s1. The van der Waals surface area contributed by atoms with Crippen molar-refractivity contribution < 1.29 is 4.79 Å². The molecule has 0 fully saturated rings. The first-order valence-electron chi connectivity index (χ1n) is 6.46. The van der Waals surface area contributed by atoms with E-state index in [1.165, 1.54) is 10.4 Å². The van der Waals surface area contributed by atoms with Gasteiger partial charge in [0.25, 0.3) is 0 Å². The average Bonchev–Trinajstić information content (AvgIpc) is 2.83. The molecule has 1 aromatic heterocycles. The summed E-state index contributed by atoms with van der Waals surface area (Å²) in [5.41, 5.74) is 1.20. The molecule has 0 aliphatic heterocycles. The third-order valence-corrected chi connectivity index (χ3v) is 3.79. The number of hydrogen-bond acceptors (Lipinski definition) is 3. The molecule has 4 heteroatoms. The Hall–Kier alpha value is -1.68.